The Morgan fingerprint density at radius 3 is 2.74 bits per heavy atom. The summed E-state index contributed by atoms with van der Waals surface area (Å²) in [6.45, 7) is 2.77. The first-order valence-electron chi connectivity index (χ1n) is 10.6. The molecular formula is C26H24N2O2S. The van der Waals surface area contributed by atoms with Crippen LogP contribution in [-0.4, -0.2) is 35.5 Å². The first-order valence-corrected chi connectivity index (χ1v) is 11.5. The first kappa shape index (κ1) is 19.9. The maximum absolute atomic E-state index is 13.6. The molecule has 5 heteroatoms. The molecule has 0 bridgehead atoms. The van der Waals surface area contributed by atoms with Crippen LogP contribution in [0.25, 0.3) is 21.3 Å². The minimum Gasteiger partial charge on any atom is -0.381 e. The first-order chi connectivity index (χ1) is 15.3. The van der Waals surface area contributed by atoms with Gasteiger partial charge in [0.25, 0.3) is 5.91 Å². The van der Waals surface area contributed by atoms with Crippen LogP contribution in [0, 0.1) is 5.92 Å². The van der Waals surface area contributed by atoms with Crippen molar-refractivity contribution in [1.82, 2.24) is 9.88 Å². The number of hydrogen-bond donors (Lipinski definition) is 0. The molecule has 0 radical (unpaired) electrons. The molecule has 1 unspecified atom stereocenters. The normalized spacial score (nSPS) is 15.9. The highest BCUT2D eigenvalue weighted by Gasteiger charge is 2.24. The Kier molecular flexibility index (Phi) is 5.78. The van der Waals surface area contributed by atoms with Gasteiger partial charge in [-0.2, -0.15) is 0 Å². The van der Waals surface area contributed by atoms with Gasteiger partial charge in [0.15, 0.2) is 0 Å². The summed E-state index contributed by atoms with van der Waals surface area (Å²) >= 11 is 1.57. The van der Waals surface area contributed by atoms with Gasteiger partial charge in [0.1, 0.15) is 0 Å². The van der Waals surface area contributed by atoms with Crippen LogP contribution in [0.4, 0.5) is 0 Å². The molecule has 4 aromatic rings. The van der Waals surface area contributed by atoms with Crippen LogP contribution in [0.2, 0.25) is 0 Å². The van der Waals surface area contributed by atoms with E-state index in [0.717, 1.165) is 35.4 Å². The lowest BCUT2D eigenvalue weighted by Crippen LogP contribution is -2.35. The summed E-state index contributed by atoms with van der Waals surface area (Å²) in [6.07, 6.45) is 0.998. The van der Waals surface area contributed by atoms with Crippen molar-refractivity contribution < 1.29 is 9.53 Å². The minimum absolute atomic E-state index is 0.0602. The van der Waals surface area contributed by atoms with Crippen LogP contribution in [0.5, 0.6) is 0 Å². The van der Waals surface area contributed by atoms with Gasteiger partial charge >= 0.3 is 0 Å². The van der Waals surface area contributed by atoms with E-state index in [1.807, 2.05) is 40.7 Å². The third-order valence-electron chi connectivity index (χ3n) is 5.83. The van der Waals surface area contributed by atoms with E-state index in [-0.39, 0.29) is 5.91 Å². The zero-order valence-corrected chi connectivity index (χ0v) is 18.1. The second kappa shape index (κ2) is 9.00. The standard InChI is InChI=1S/C26H24N2O2S/c29-26(21-10-11-24-25(14-21)31-18-27-24)28(15-19-12-13-30-17-19)16-22-8-4-5-9-23(22)20-6-2-1-3-7-20/h1-11,14,18-19H,12-13,15-17H2. The molecule has 0 N–H and O–H groups in total. The number of carbonyl (C=O) groups is 1. The zero-order chi connectivity index (χ0) is 21.0. The van der Waals surface area contributed by atoms with Crippen molar-refractivity contribution in [1.29, 1.82) is 0 Å². The number of hydrogen-bond acceptors (Lipinski definition) is 4. The third kappa shape index (κ3) is 4.38. The van der Waals surface area contributed by atoms with Gasteiger partial charge in [-0.3, -0.25) is 4.79 Å². The summed E-state index contributed by atoms with van der Waals surface area (Å²) in [7, 11) is 0. The largest absolute Gasteiger partial charge is 0.381 e. The quantitative estimate of drug-likeness (QED) is 0.399. The van der Waals surface area contributed by atoms with E-state index < -0.39 is 0 Å². The number of aromatic nitrogens is 1. The van der Waals surface area contributed by atoms with E-state index in [4.69, 9.17) is 4.74 Å². The third-order valence-corrected chi connectivity index (χ3v) is 6.62. The summed E-state index contributed by atoms with van der Waals surface area (Å²) in [5, 5.41) is 0. The van der Waals surface area contributed by atoms with Gasteiger partial charge in [-0.1, -0.05) is 54.6 Å². The molecule has 1 amide bonds. The van der Waals surface area contributed by atoms with E-state index >= 15 is 0 Å². The maximum Gasteiger partial charge on any atom is 0.254 e. The Morgan fingerprint density at radius 2 is 1.90 bits per heavy atom. The average molecular weight is 429 g/mol. The predicted molar refractivity (Wildman–Crippen MR) is 125 cm³/mol. The van der Waals surface area contributed by atoms with E-state index in [1.54, 1.807) is 11.3 Å². The van der Waals surface area contributed by atoms with E-state index in [2.05, 4.69) is 47.4 Å². The summed E-state index contributed by atoms with van der Waals surface area (Å²) < 4.78 is 6.63. The highest BCUT2D eigenvalue weighted by Crippen LogP contribution is 2.27. The van der Waals surface area contributed by atoms with Gasteiger partial charge < -0.3 is 9.64 Å². The molecule has 3 aromatic carbocycles. The van der Waals surface area contributed by atoms with Crippen molar-refractivity contribution >= 4 is 27.5 Å². The monoisotopic (exact) mass is 428 g/mol. The SMILES string of the molecule is O=C(c1ccc2ncsc2c1)N(Cc1ccccc1-c1ccccc1)CC1CCOC1. The van der Waals surface area contributed by atoms with Gasteiger partial charge in [0, 0.05) is 31.2 Å². The molecule has 2 heterocycles. The molecule has 1 aliphatic heterocycles. The summed E-state index contributed by atoms with van der Waals surface area (Å²) in [4.78, 5) is 19.9. The van der Waals surface area contributed by atoms with Crippen LogP contribution in [0.15, 0.2) is 78.3 Å². The molecule has 31 heavy (non-hydrogen) atoms. The smallest absolute Gasteiger partial charge is 0.254 e. The number of benzene rings is 3. The van der Waals surface area contributed by atoms with Crippen molar-refractivity contribution in [3.63, 3.8) is 0 Å². The summed E-state index contributed by atoms with van der Waals surface area (Å²) in [5.41, 5.74) is 6.96. The van der Waals surface area contributed by atoms with Crippen LogP contribution in [0.3, 0.4) is 0 Å². The van der Waals surface area contributed by atoms with Crippen LogP contribution >= 0.6 is 11.3 Å². The highest BCUT2D eigenvalue weighted by atomic mass is 32.1. The van der Waals surface area contributed by atoms with Crippen LogP contribution in [-0.2, 0) is 11.3 Å². The lowest BCUT2D eigenvalue weighted by Gasteiger charge is -2.26. The Morgan fingerprint density at radius 1 is 1.06 bits per heavy atom. The second-order valence-electron chi connectivity index (χ2n) is 7.97. The number of nitrogens with zero attached hydrogens (tertiary/aromatic N) is 2. The van der Waals surface area contributed by atoms with E-state index in [1.165, 1.54) is 11.1 Å². The number of ether oxygens (including phenoxy) is 1. The van der Waals surface area contributed by atoms with Crippen LogP contribution in [0.1, 0.15) is 22.3 Å². The molecule has 5 rings (SSSR count). The Bertz CT molecular complexity index is 1180. The van der Waals surface area contributed by atoms with Gasteiger partial charge in [-0.15, -0.1) is 11.3 Å². The molecule has 0 saturated carbocycles. The van der Waals surface area contributed by atoms with Crippen LogP contribution < -0.4 is 0 Å². The molecule has 156 valence electrons. The highest BCUT2D eigenvalue weighted by molar-refractivity contribution is 7.16. The molecule has 1 aromatic heterocycles. The summed E-state index contributed by atoms with van der Waals surface area (Å²) in [6, 6.07) is 24.5. The summed E-state index contributed by atoms with van der Waals surface area (Å²) in [5.74, 6) is 0.435. The number of rotatable bonds is 6. The van der Waals surface area contributed by atoms with Gasteiger partial charge in [-0.25, -0.2) is 4.98 Å². The molecule has 1 fully saturated rings. The molecular weight excluding hydrogens is 404 g/mol. The van der Waals surface area contributed by atoms with Gasteiger partial charge in [0.05, 0.1) is 22.3 Å². The fourth-order valence-electron chi connectivity index (χ4n) is 4.19. The molecule has 1 atom stereocenters. The molecule has 1 saturated heterocycles. The molecule has 4 nitrogen and oxygen atoms in total. The average Bonchev–Trinajstić information content (AvgIpc) is 3.50. The predicted octanol–water partition coefficient (Wildman–Crippen LogP) is 5.64. The second-order valence-corrected chi connectivity index (χ2v) is 8.86. The number of fused-ring (bicyclic) bond motifs is 1. The Hall–Kier alpha value is -3.02. The van der Waals surface area contributed by atoms with Crippen molar-refractivity contribution in [3.8, 4) is 11.1 Å². The maximum atomic E-state index is 13.6. The van der Waals surface area contributed by atoms with Crippen molar-refractivity contribution in [2.75, 3.05) is 19.8 Å². The lowest BCUT2D eigenvalue weighted by atomic mass is 9.98. The Labute approximate surface area is 186 Å². The number of amides is 1. The van der Waals surface area contributed by atoms with Crippen molar-refractivity contribution in [3.05, 3.63) is 89.4 Å². The molecule has 0 spiro atoms. The molecule has 0 aliphatic carbocycles. The molecule has 1 aliphatic rings. The fourth-order valence-corrected chi connectivity index (χ4v) is 4.91. The minimum atomic E-state index is 0.0602. The van der Waals surface area contributed by atoms with Crippen molar-refractivity contribution in [2.24, 2.45) is 5.92 Å². The number of thiazole rings is 1. The van der Waals surface area contributed by atoms with Gasteiger partial charge in [0.2, 0.25) is 0 Å². The number of carbonyl (C=O) groups excluding carboxylic acids is 1. The zero-order valence-electron chi connectivity index (χ0n) is 17.2. The topological polar surface area (TPSA) is 42.4 Å². The van der Waals surface area contributed by atoms with Crippen molar-refractivity contribution in [2.45, 2.75) is 13.0 Å². The Balaban J connectivity index is 1.47. The van der Waals surface area contributed by atoms with E-state index in [9.17, 15) is 4.79 Å². The van der Waals surface area contributed by atoms with Gasteiger partial charge in [-0.05, 0) is 41.3 Å². The fraction of sp³-hybridized carbons (Fsp3) is 0.231. The van der Waals surface area contributed by atoms with E-state index in [0.29, 0.717) is 24.6 Å². The lowest BCUT2D eigenvalue weighted by molar-refractivity contribution is 0.0707.